The lowest BCUT2D eigenvalue weighted by molar-refractivity contribution is -0.384. The van der Waals surface area contributed by atoms with Crippen LogP contribution in [0.2, 0.25) is 0 Å². The fourth-order valence-electron chi connectivity index (χ4n) is 2.82. The van der Waals surface area contributed by atoms with Crippen LogP contribution in [-0.4, -0.2) is 33.9 Å². The van der Waals surface area contributed by atoms with Gasteiger partial charge in [0.15, 0.2) is 0 Å². The van der Waals surface area contributed by atoms with Gasteiger partial charge in [0.25, 0.3) is 5.69 Å². The number of anilines is 2. The molecule has 25 heavy (non-hydrogen) atoms. The van der Waals surface area contributed by atoms with Gasteiger partial charge in [0.2, 0.25) is 11.9 Å². The Morgan fingerprint density at radius 3 is 2.84 bits per heavy atom. The van der Waals surface area contributed by atoms with E-state index in [1.54, 1.807) is 18.5 Å². The molecule has 1 fully saturated rings. The zero-order valence-corrected chi connectivity index (χ0v) is 13.3. The molecule has 1 N–H and O–H groups in total. The maximum absolute atomic E-state index is 13.2. The standard InChI is InChI=1S/C16H16FN5O3/c17-12-4-5-13(14(9-12)22(24)25)20-15(23)11-3-1-8-21(10-11)16-18-6-2-7-19-16/h2,4-7,9,11H,1,3,8,10H2,(H,20,23)/t11-/m1/s1. The molecular weight excluding hydrogens is 329 g/mol. The predicted octanol–water partition coefficient (Wildman–Crippen LogP) is 2.38. The Morgan fingerprint density at radius 2 is 2.12 bits per heavy atom. The third-order valence-electron chi connectivity index (χ3n) is 4.04. The van der Waals surface area contributed by atoms with E-state index in [0.29, 0.717) is 18.9 Å². The summed E-state index contributed by atoms with van der Waals surface area (Å²) in [6.45, 7) is 1.16. The number of nitro benzene ring substituents is 1. The molecule has 1 aromatic carbocycles. The summed E-state index contributed by atoms with van der Waals surface area (Å²) >= 11 is 0. The normalized spacial score (nSPS) is 17.2. The van der Waals surface area contributed by atoms with Gasteiger partial charge in [-0.3, -0.25) is 14.9 Å². The largest absolute Gasteiger partial charge is 0.340 e. The highest BCUT2D eigenvalue weighted by Gasteiger charge is 2.28. The first kappa shape index (κ1) is 16.7. The number of halogens is 1. The number of benzene rings is 1. The zero-order valence-electron chi connectivity index (χ0n) is 13.3. The van der Waals surface area contributed by atoms with Crippen molar-refractivity contribution in [3.05, 3.63) is 52.6 Å². The summed E-state index contributed by atoms with van der Waals surface area (Å²) in [4.78, 5) is 33.1. The Hall–Kier alpha value is -3.10. The molecule has 0 bridgehead atoms. The molecule has 1 aromatic heterocycles. The van der Waals surface area contributed by atoms with Gasteiger partial charge in [-0.25, -0.2) is 14.4 Å². The average molecular weight is 345 g/mol. The molecule has 3 rings (SSSR count). The molecule has 1 amide bonds. The van der Waals surface area contributed by atoms with Gasteiger partial charge < -0.3 is 10.2 Å². The Bertz CT molecular complexity index is 787. The van der Waals surface area contributed by atoms with Crippen molar-refractivity contribution in [2.24, 2.45) is 5.92 Å². The fourth-order valence-corrected chi connectivity index (χ4v) is 2.82. The molecule has 8 nitrogen and oxygen atoms in total. The van der Waals surface area contributed by atoms with Crippen LogP contribution in [0.25, 0.3) is 0 Å². The Morgan fingerprint density at radius 1 is 1.36 bits per heavy atom. The molecule has 2 heterocycles. The van der Waals surface area contributed by atoms with Crippen molar-refractivity contribution in [3.8, 4) is 0 Å². The second-order valence-corrected chi connectivity index (χ2v) is 5.74. The molecule has 9 heteroatoms. The minimum atomic E-state index is -0.727. The molecule has 0 aliphatic carbocycles. The van der Waals surface area contributed by atoms with Crippen LogP contribution in [0.4, 0.5) is 21.7 Å². The summed E-state index contributed by atoms with van der Waals surface area (Å²) in [6.07, 6.45) is 4.70. The van der Waals surface area contributed by atoms with E-state index in [1.807, 2.05) is 4.90 Å². The highest BCUT2D eigenvalue weighted by atomic mass is 19.1. The quantitative estimate of drug-likeness (QED) is 0.674. The number of rotatable bonds is 4. The molecule has 0 spiro atoms. The van der Waals surface area contributed by atoms with Crippen molar-refractivity contribution in [3.63, 3.8) is 0 Å². The van der Waals surface area contributed by atoms with Crippen molar-refractivity contribution in [1.82, 2.24) is 9.97 Å². The highest BCUT2D eigenvalue weighted by molar-refractivity contribution is 5.95. The van der Waals surface area contributed by atoms with E-state index in [-0.39, 0.29) is 17.5 Å². The smallest absolute Gasteiger partial charge is 0.295 e. The van der Waals surface area contributed by atoms with Crippen LogP contribution in [0.5, 0.6) is 0 Å². The number of nitro groups is 1. The number of carbonyl (C=O) groups excluding carboxylic acids is 1. The summed E-state index contributed by atoms with van der Waals surface area (Å²) in [7, 11) is 0. The molecule has 0 radical (unpaired) electrons. The van der Waals surface area contributed by atoms with Gasteiger partial charge in [-0.1, -0.05) is 0 Å². The molecule has 1 aliphatic rings. The topological polar surface area (TPSA) is 101 Å². The zero-order chi connectivity index (χ0) is 17.8. The van der Waals surface area contributed by atoms with E-state index in [1.165, 1.54) is 6.07 Å². The summed E-state index contributed by atoms with van der Waals surface area (Å²) in [5.74, 6) is -0.875. The molecule has 2 aromatic rings. The number of amides is 1. The average Bonchev–Trinajstić information content (AvgIpc) is 2.64. The van der Waals surface area contributed by atoms with Crippen LogP contribution >= 0.6 is 0 Å². The van der Waals surface area contributed by atoms with Crippen molar-refractivity contribution < 1.29 is 14.1 Å². The molecule has 1 aliphatic heterocycles. The van der Waals surface area contributed by atoms with Gasteiger partial charge in [0.05, 0.1) is 16.9 Å². The summed E-state index contributed by atoms with van der Waals surface area (Å²) < 4.78 is 13.2. The van der Waals surface area contributed by atoms with Crippen LogP contribution < -0.4 is 10.2 Å². The Kier molecular flexibility index (Phi) is 4.82. The van der Waals surface area contributed by atoms with Crippen LogP contribution in [0.1, 0.15) is 12.8 Å². The maximum Gasteiger partial charge on any atom is 0.295 e. The predicted molar refractivity (Wildman–Crippen MR) is 88.7 cm³/mol. The molecule has 130 valence electrons. The fraction of sp³-hybridized carbons (Fsp3) is 0.312. The van der Waals surface area contributed by atoms with E-state index >= 15 is 0 Å². The van der Waals surface area contributed by atoms with Crippen molar-refractivity contribution in [2.75, 3.05) is 23.3 Å². The number of hydrogen-bond acceptors (Lipinski definition) is 6. The first-order valence-corrected chi connectivity index (χ1v) is 7.81. The molecule has 1 atom stereocenters. The molecular formula is C16H16FN5O3. The van der Waals surface area contributed by atoms with E-state index in [9.17, 15) is 19.3 Å². The van der Waals surface area contributed by atoms with Crippen LogP contribution in [0, 0.1) is 21.8 Å². The van der Waals surface area contributed by atoms with Crippen molar-refractivity contribution in [1.29, 1.82) is 0 Å². The number of carbonyl (C=O) groups is 1. The number of nitrogens with zero attached hydrogens (tertiary/aromatic N) is 4. The second-order valence-electron chi connectivity index (χ2n) is 5.74. The number of piperidine rings is 1. The van der Waals surface area contributed by atoms with E-state index in [2.05, 4.69) is 15.3 Å². The summed E-state index contributed by atoms with van der Waals surface area (Å²) in [5, 5.41) is 13.6. The second kappa shape index (κ2) is 7.20. The Labute approximate surface area is 142 Å². The van der Waals surface area contributed by atoms with Crippen LogP contribution in [0.15, 0.2) is 36.7 Å². The summed E-state index contributed by atoms with van der Waals surface area (Å²) in [6, 6.07) is 4.78. The summed E-state index contributed by atoms with van der Waals surface area (Å²) in [5.41, 5.74) is -0.475. The lowest BCUT2D eigenvalue weighted by Gasteiger charge is -2.31. The third-order valence-corrected chi connectivity index (χ3v) is 4.04. The molecule has 1 saturated heterocycles. The van der Waals surface area contributed by atoms with Gasteiger partial charge in [-0.15, -0.1) is 0 Å². The number of aromatic nitrogens is 2. The van der Waals surface area contributed by atoms with E-state index < -0.39 is 16.4 Å². The van der Waals surface area contributed by atoms with Crippen LogP contribution in [0.3, 0.4) is 0 Å². The first-order valence-electron chi connectivity index (χ1n) is 7.81. The van der Waals surface area contributed by atoms with E-state index in [4.69, 9.17) is 0 Å². The van der Waals surface area contributed by atoms with Gasteiger partial charge in [-0.2, -0.15) is 0 Å². The number of hydrogen-bond donors (Lipinski definition) is 1. The highest BCUT2D eigenvalue weighted by Crippen LogP contribution is 2.27. The van der Waals surface area contributed by atoms with Gasteiger partial charge >= 0.3 is 0 Å². The van der Waals surface area contributed by atoms with Gasteiger partial charge in [0.1, 0.15) is 11.5 Å². The van der Waals surface area contributed by atoms with Crippen molar-refractivity contribution >= 4 is 23.2 Å². The minimum Gasteiger partial charge on any atom is -0.340 e. The lowest BCUT2D eigenvalue weighted by Crippen LogP contribution is -2.41. The van der Waals surface area contributed by atoms with Gasteiger partial charge in [-0.05, 0) is 31.0 Å². The number of nitrogens with one attached hydrogen (secondary N) is 1. The SMILES string of the molecule is O=C(Nc1ccc(F)cc1[N+](=O)[O-])[C@@H]1CCCN(c2ncccn2)C1. The third kappa shape index (κ3) is 3.87. The lowest BCUT2D eigenvalue weighted by atomic mass is 9.97. The van der Waals surface area contributed by atoms with Gasteiger partial charge in [0, 0.05) is 25.5 Å². The van der Waals surface area contributed by atoms with Crippen molar-refractivity contribution in [2.45, 2.75) is 12.8 Å². The van der Waals surface area contributed by atoms with Crippen LogP contribution in [-0.2, 0) is 4.79 Å². The molecule has 0 saturated carbocycles. The first-order chi connectivity index (χ1) is 12.0. The minimum absolute atomic E-state index is 0.00974. The Balaban J connectivity index is 1.72. The maximum atomic E-state index is 13.2. The van der Waals surface area contributed by atoms with E-state index in [0.717, 1.165) is 25.1 Å². The monoisotopic (exact) mass is 345 g/mol. The molecule has 0 unspecified atom stereocenters.